The smallest absolute Gasteiger partial charge is 0.312 e. The van der Waals surface area contributed by atoms with Crippen LogP contribution < -0.4 is 21.5 Å². The van der Waals surface area contributed by atoms with Crippen molar-refractivity contribution >= 4 is 21.7 Å². The van der Waals surface area contributed by atoms with Crippen LogP contribution in [0.5, 0.6) is 0 Å². The normalized spacial score (nSPS) is 11.2. The number of nitrogens with two attached hydrogens (primary N) is 2. The second-order valence-corrected chi connectivity index (χ2v) is 5.64. The predicted molar refractivity (Wildman–Crippen MR) is 73.0 cm³/mol. The Morgan fingerprint density at radius 1 is 1.32 bits per heavy atom. The summed E-state index contributed by atoms with van der Waals surface area (Å²) in [5.41, 5.74) is 11.5. The van der Waals surface area contributed by atoms with E-state index < -0.39 is 16.1 Å². The van der Waals surface area contributed by atoms with Gasteiger partial charge in [-0.1, -0.05) is 13.0 Å². The van der Waals surface area contributed by atoms with Crippen LogP contribution in [0.1, 0.15) is 12.5 Å². The fourth-order valence-electron chi connectivity index (χ4n) is 1.56. The van der Waals surface area contributed by atoms with Crippen molar-refractivity contribution in [3.63, 3.8) is 0 Å². The molecule has 2 amide bonds. The predicted octanol–water partition coefficient (Wildman–Crippen LogP) is -0.222. The molecule has 0 bridgehead atoms. The van der Waals surface area contributed by atoms with Crippen LogP contribution in [-0.2, 0) is 16.4 Å². The van der Waals surface area contributed by atoms with E-state index in [4.69, 9.17) is 11.5 Å². The maximum atomic E-state index is 12.1. The Morgan fingerprint density at radius 3 is 2.58 bits per heavy atom. The van der Waals surface area contributed by atoms with Gasteiger partial charge in [-0.15, -0.1) is 0 Å². The van der Waals surface area contributed by atoms with Crippen LogP contribution in [0.3, 0.4) is 0 Å². The number of nitrogen functional groups attached to an aromatic ring is 1. The van der Waals surface area contributed by atoms with Crippen LogP contribution in [0.25, 0.3) is 0 Å². The molecule has 1 aromatic carbocycles. The van der Waals surface area contributed by atoms with E-state index >= 15 is 0 Å². The van der Waals surface area contributed by atoms with Crippen LogP contribution in [0.2, 0.25) is 0 Å². The van der Waals surface area contributed by atoms with E-state index in [1.807, 2.05) is 6.92 Å². The number of sulfonamides is 1. The summed E-state index contributed by atoms with van der Waals surface area (Å²) in [5.74, 6) is 0. The van der Waals surface area contributed by atoms with Gasteiger partial charge in [0, 0.05) is 18.8 Å². The number of hydrogen-bond acceptors (Lipinski definition) is 4. The minimum atomic E-state index is -3.65. The largest absolute Gasteiger partial charge is 0.399 e. The fourth-order valence-corrected chi connectivity index (χ4v) is 2.94. The maximum absolute atomic E-state index is 12.1. The Hall–Kier alpha value is -1.80. The van der Waals surface area contributed by atoms with Crippen molar-refractivity contribution in [1.29, 1.82) is 0 Å². The molecular formula is C11H18N4O3S. The summed E-state index contributed by atoms with van der Waals surface area (Å²) in [7, 11) is -3.65. The van der Waals surface area contributed by atoms with Crippen LogP contribution >= 0.6 is 0 Å². The molecule has 0 aliphatic carbocycles. The molecule has 7 nitrogen and oxygen atoms in total. The highest BCUT2D eigenvalue weighted by Gasteiger charge is 2.17. The van der Waals surface area contributed by atoms with Gasteiger partial charge in [-0.2, -0.15) is 0 Å². The molecule has 0 saturated heterocycles. The Bertz CT molecular complexity index is 557. The molecule has 1 rings (SSSR count). The molecule has 0 fully saturated rings. The molecule has 0 atom stereocenters. The van der Waals surface area contributed by atoms with Crippen molar-refractivity contribution in [3.05, 3.63) is 23.8 Å². The van der Waals surface area contributed by atoms with Gasteiger partial charge in [0.05, 0.1) is 4.90 Å². The van der Waals surface area contributed by atoms with E-state index in [-0.39, 0.29) is 18.0 Å². The molecule has 0 aromatic heterocycles. The fraction of sp³-hybridized carbons (Fsp3) is 0.364. The first-order chi connectivity index (χ1) is 8.86. The number of amides is 2. The Morgan fingerprint density at radius 2 is 2.00 bits per heavy atom. The second kappa shape index (κ2) is 6.39. The zero-order valence-electron chi connectivity index (χ0n) is 10.6. The molecule has 0 spiro atoms. The topological polar surface area (TPSA) is 127 Å². The molecule has 19 heavy (non-hydrogen) atoms. The van der Waals surface area contributed by atoms with Crippen molar-refractivity contribution in [2.45, 2.75) is 18.2 Å². The molecule has 106 valence electrons. The summed E-state index contributed by atoms with van der Waals surface area (Å²) in [6, 6.07) is 4.07. The van der Waals surface area contributed by atoms with Crippen LogP contribution in [0, 0.1) is 0 Å². The first kappa shape index (κ1) is 15.3. The van der Waals surface area contributed by atoms with Gasteiger partial charge in [-0.05, 0) is 24.1 Å². The van der Waals surface area contributed by atoms with Gasteiger partial charge in [0.25, 0.3) is 0 Å². The van der Waals surface area contributed by atoms with Crippen LogP contribution in [-0.4, -0.2) is 27.5 Å². The number of rotatable bonds is 6. The van der Waals surface area contributed by atoms with Crippen molar-refractivity contribution in [2.24, 2.45) is 5.73 Å². The summed E-state index contributed by atoms with van der Waals surface area (Å²) >= 11 is 0. The number of benzene rings is 1. The van der Waals surface area contributed by atoms with Crippen LogP contribution in [0.15, 0.2) is 23.1 Å². The lowest BCUT2D eigenvalue weighted by Crippen LogP contribution is -2.37. The Balaban J connectivity index is 2.82. The van der Waals surface area contributed by atoms with Crippen molar-refractivity contribution in [1.82, 2.24) is 10.0 Å². The lowest BCUT2D eigenvalue weighted by atomic mass is 10.1. The highest BCUT2D eigenvalue weighted by molar-refractivity contribution is 7.89. The number of aryl methyl sites for hydroxylation is 1. The number of urea groups is 1. The number of nitrogens with one attached hydrogen (secondary N) is 2. The van der Waals surface area contributed by atoms with E-state index in [0.717, 1.165) is 0 Å². The average Bonchev–Trinajstić information content (AvgIpc) is 2.34. The van der Waals surface area contributed by atoms with E-state index in [2.05, 4.69) is 10.0 Å². The molecule has 6 N–H and O–H groups in total. The Labute approximate surface area is 112 Å². The molecule has 0 saturated carbocycles. The highest BCUT2D eigenvalue weighted by atomic mass is 32.2. The van der Waals surface area contributed by atoms with Crippen molar-refractivity contribution < 1.29 is 13.2 Å². The molecule has 0 heterocycles. The molecule has 0 radical (unpaired) electrons. The highest BCUT2D eigenvalue weighted by Crippen LogP contribution is 2.19. The van der Waals surface area contributed by atoms with Gasteiger partial charge < -0.3 is 16.8 Å². The van der Waals surface area contributed by atoms with Gasteiger partial charge in [-0.3, -0.25) is 0 Å². The number of carbonyl (C=O) groups is 1. The third-order valence-corrected chi connectivity index (χ3v) is 4.02. The van der Waals surface area contributed by atoms with Gasteiger partial charge in [0.2, 0.25) is 10.0 Å². The molecule has 0 aliphatic heterocycles. The number of primary amides is 1. The van der Waals surface area contributed by atoms with E-state index in [1.54, 1.807) is 12.1 Å². The average molecular weight is 286 g/mol. The SMILES string of the molecule is CCc1ccc(N)cc1S(=O)(=O)NCCNC(N)=O. The Kier molecular flexibility index (Phi) is 5.13. The third-order valence-electron chi connectivity index (χ3n) is 2.48. The van der Waals surface area contributed by atoms with Gasteiger partial charge >= 0.3 is 6.03 Å². The van der Waals surface area contributed by atoms with Gasteiger partial charge in [0.1, 0.15) is 0 Å². The number of anilines is 1. The summed E-state index contributed by atoms with van der Waals surface area (Å²) < 4.78 is 26.6. The van der Waals surface area contributed by atoms with Crippen LogP contribution in [0.4, 0.5) is 10.5 Å². The lowest BCUT2D eigenvalue weighted by Gasteiger charge is -2.11. The first-order valence-electron chi connectivity index (χ1n) is 5.78. The van der Waals surface area contributed by atoms with E-state index in [1.165, 1.54) is 6.07 Å². The first-order valence-corrected chi connectivity index (χ1v) is 7.26. The summed E-state index contributed by atoms with van der Waals surface area (Å²) in [6.45, 7) is 2.04. The summed E-state index contributed by atoms with van der Waals surface area (Å²) in [6.07, 6.45) is 0.579. The molecule has 0 aliphatic rings. The van der Waals surface area contributed by atoms with Crippen molar-refractivity contribution in [3.8, 4) is 0 Å². The van der Waals surface area contributed by atoms with E-state index in [9.17, 15) is 13.2 Å². The zero-order valence-corrected chi connectivity index (χ0v) is 11.5. The van der Waals surface area contributed by atoms with E-state index in [0.29, 0.717) is 17.7 Å². The van der Waals surface area contributed by atoms with Gasteiger partial charge in [-0.25, -0.2) is 17.9 Å². The minimum Gasteiger partial charge on any atom is -0.399 e. The molecular weight excluding hydrogens is 268 g/mol. The lowest BCUT2D eigenvalue weighted by molar-refractivity contribution is 0.249. The zero-order chi connectivity index (χ0) is 14.5. The third kappa shape index (κ3) is 4.42. The number of carbonyl (C=O) groups excluding carboxylic acids is 1. The molecule has 8 heteroatoms. The molecule has 1 aromatic rings. The van der Waals surface area contributed by atoms with Crippen molar-refractivity contribution in [2.75, 3.05) is 18.8 Å². The maximum Gasteiger partial charge on any atom is 0.312 e. The quantitative estimate of drug-likeness (QED) is 0.425. The summed E-state index contributed by atoms with van der Waals surface area (Å²) in [4.78, 5) is 10.6. The van der Waals surface area contributed by atoms with Gasteiger partial charge in [0.15, 0.2) is 0 Å². The number of hydrogen-bond donors (Lipinski definition) is 4. The second-order valence-electron chi connectivity index (χ2n) is 3.91. The minimum absolute atomic E-state index is 0.0588. The molecule has 0 unspecified atom stereocenters. The monoisotopic (exact) mass is 286 g/mol. The summed E-state index contributed by atoms with van der Waals surface area (Å²) in [5, 5.41) is 2.30. The standard InChI is InChI=1S/C11H18N4O3S/c1-2-8-3-4-9(12)7-10(8)19(17,18)15-6-5-14-11(13)16/h3-4,7,15H,2,5-6,12H2,1H3,(H3,13,14,16).